The van der Waals surface area contributed by atoms with Crippen LogP contribution in [0.15, 0.2) is 83.5 Å². The Morgan fingerprint density at radius 2 is 1.67 bits per heavy atom. The van der Waals surface area contributed by atoms with Crippen LogP contribution in [0.1, 0.15) is 36.1 Å². The molecule has 0 fully saturated rings. The maximum absolute atomic E-state index is 12.7. The highest BCUT2D eigenvalue weighted by Gasteiger charge is 2.16. The predicted octanol–water partition coefficient (Wildman–Crippen LogP) is 5.40. The Labute approximate surface area is 194 Å². The minimum atomic E-state index is -0.546. The summed E-state index contributed by atoms with van der Waals surface area (Å²) in [4.78, 5) is 39.0. The molecule has 0 aliphatic rings. The highest BCUT2D eigenvalue weighted by atomic mass is 32.1. The molecule has 0 radical (unpaired) electrons. The topological polar surface area (TPSA) is 88.9 Å². The van der Waals surface area contributed by atoms with Crippen molar-refractivity contribution in [3.63, 3.8) is 0 Å². The van der Waals surface area contributed by atoms with Crippen molar-refractivity contribution in [2.75, 3.05) is 17.3 Å². The van der Waals surface area contributed by atoms with Gasteiger partial charge in [-0.15, -0.1) is 11.3 Å². The zero-order valence-electron chi connectivity index (χ0n) is 17.9. The van der Waals surface area contributed by atoms with Gasteiger partial charge in [0, 0.05) is 18.3 Å². The highest BCUT2D eigenvalue weighted by Crippen LogP contribution is 2.25. The maximum Gasteiger partial charge on any atom is 0.353 e. The quantitative estimate of drug-likeness (QED) is 0.308. The van der Waals surface area contributed by atoms with Crippen LogP contribution in [0.2, 0.25) is 0 Å². The fourth-order valence-electron chi connectivity index (χ4n) is 3.00. The number of anilines is 2. The largest absolute Gasteiger partial charge is 0.459 e. The van der Waals surface area contributed by atoms with Crippen molar-refractivity contribution < 1.29 is 23.5 Å². The number of esters is 1. The summed E-state index contributed by atoms with van der Waals surface area (Å²) in [5.74, 6) is -0.563. The van der Waals surface area contributed by atoms with E-state index in [2.05, 4.69) is 5.32 Å². The first-order valence-corrected chi connectivity index (χ1v) is 10.8. The van der Waals surface area contributed by atoms with Gasteiger partial charge in [-0.05, 0) is 67.6 Å². The van der Waals surface area contributed by atoms with Crippen LogP contribution in [-0.2, 0) is 0 Å². The SMILES string of the molecule is Cc1ccc(C(=O)N(C)c2ccc(OC(=O)c3ccc(NC(=O)c4ccco4)s3)cc2)cc1. The Bertz CT molecular complexity index is 1280. The van der Waals surface area contributed by atoms with Gasteiger partial charge in [-0.25, -0.2) is 4.79 Å². The molecular formula is C25H20N2O5S. The van der Waals surface area contributed by atoms with Gasteiger partial charge >= 0.3 is 5.97 Å². The van der Waals surface area contributed by atoms with Crippen LogP contribution >= 0.6 is 11.3 Å². The Morgan fingerprint density at radius 3 is 2.33 bits per heavy atom. The average molecular weight is 461 g/mol. The molecule has 0 unspecified atom stereocenters. The number of ether oxygens (including phenoxy) is 1. The number of hydrogen-bond acceptors (Lipinski definition) is 6. The van der Waals surface area contributed by atoms with Crippen molar-refractivity contribution >= 4 is 39.8 Å². The molecule has 166 valence electrons. The van der Waals surface area contributed by atoms with Gasteiger partial charge in [-0.2, -0.15) is 0 Å². The molecule has 8 heteroatoms. The summed E-state index contributed by atoms with van der Waals surface area (Å²) in [5, 5.41) is 3.17. The molecule has 0 saturated carbocycles. The van der Waals surface area contributed by atoms with E-state index in [1.165, 1.54) is 11.2 Å². The third-order valence-corrected chi connectivity index (χ3v) is 5.81. The number of aryl methyl sites for hydroxylation is 1. The molecule has 0 spiro atoms. The van der Waals surface area contributed by atoms with Crippen molar-refractivity contribution in [1.82, 2.24) is 0 Å². The lowest BCUT2D eigenvalue weighted by molar-refractivity contribution is 0.0739. The van der Waals surface area contributed by atoms with E-state index in [0.717, 1.165) is 16.9 Å². The van der Waals surface area contributed by atoms with Crippen LogP contribution in [0.25, 0.3) is 0 Å². The number of carbonyl (C=O) groups is 3. The summed E-state index contributed by atoms with van der Waals surface area (Å²) in [7, 11) is 1.69. The van der Waals surface area contributed by atoms with E-state index < -0.39 is 11.9 Å². The number of carbonyl (C=O) groups excluding carboxylic acids is 3. The predicted molar refractivity (Wildman–Crippen MR) is 126 cm³/mol. The highest BCUT2D eigenvalue weighted by molar-refractivity contribution is 7.18. The molecule has 33 heavy (non-hydrogen) atoms. The van der Waals surface area contributed by atoms with Gasteiger partial charge in [0.1, 0.15) is 10.6 Å². The average Bonchev–Trinajstić information content (AvgIpc) is 3.52. The Kier molecular flexibility index (Phi) is 6.37. The van der Waals surface area contributed by atoms with Crippen molar-refractivity contribution in [1.29, 1.82) is 0 Å². The molecule has 0 aliphatic heterocycles. The van der Waals surface area contributed by atoms with Gasteiger partial charge < -0.3 is 19.4 Å². The molecule has 0 saturated heterocycles. The molecule has 2 heterocycles. The van der Waals surface area contributed by atoms with Crippen LogP contribution in [0, 0.1) is 6.92 Å². The summed E-state index contributed by atoms with van der Waals surface area (Å²) >= 11 is 1.10. The number of benzene rings is 2. The molecule has 1 N–H and O–H groups in total. The van der Waals surface area contributed by atoms with Crippen LogP contribution in [0.3, 0.4) is 0 Å². The monoisotopic (exact) mass is 460 g/mol. The molecule has 0 bridgehead atoms. The van der Waals surface area contributed by atoms with Crippen LogP contribution in [0.5, 0.6) is 5.75 Å². The van der Waals surface area contributed by atoms with E-state index in [-0.39, 0.29) is 11.7 Å². The van der Waals surface area contributed by atoms with Crippen molar-refractivity contribution in [2.24, 2.45) is 0 Å². The Balaban J connectivity index is 1.37. The minimum Gasteiger partial charge on any atom is -0.459 e. The van der Waals surface area contributed by atoms with E-state index in [4.69, 9.17) is 9.15 Å². The van der Waals surface area contributed by atoms with Gasteiger partial charge in [0.25, 0.3) is 11.8 Å². The van der Waals surface area contributed by atoms with E-state index in [1.54, 1.807) is 67.7 Å². The molecular weight excluding hydrogens is 440 g/mol. The Hall–Kier alpha value is -4.17. The molecule has 2 aromatic carbocycles. The lowest BCUT2D eigenvalue weighted by Gasteiger charge is -2.18. The second kappa shape index (κ2) is 9.54. The van der Waals surface area contributed by atoms with Crippen LogP contribution in [0.4, 0.5) is 10.7 Å². The van der Waals surface area contributed by atoms with Gasteiger partial charge in [0.2, 0.25) is 0 Å². The number of furan rings is 1. The second-order valence-electron chi connectivity index (χ2n) is 7.21. The van der Waals surface area contributed by atoms with Gasteiger partial charge in [-0.3, -0.25) is 9.59 Å². The number of thiophene rings is 1. The Morgan fingerprint density at radius 1 is 0.939 bits per heavy atom. The molecule has 7 nitrogen and oxygen atoms in total. The zero-order valence-corrected chi connectivity index (χ0v) is 18.7. The first-order valence-electron chi connectivity index (χ1n) is 10.0. The first-order chi connectivity index (χ1) is 15.9. The molecule has 2 amide bonds. The number of amides is 2. The van der Waals surface area contributed by atoms with Crippen molar-refractivity contribution in [3.8, 4) is 5.75 Å². The minimum absolute atomic E-state index is 0.137. The van der Waals surface area contributed by atoms with Crippen LogP contribution in [-0.4, -0.2) is 24.8 Å². The maximum atomic E-state index is 12.7. The number of hydrogen-bond donors (Lipinski definition) is 1. The molecule has 4 aromatic rings. The fraction of sp³-hybridized carbons (Fsp3) is 0.0800. The summed E-state index contributed by atoms with van der Waals surface area (Å²) in [6.45, 7) is 1.96. The van der Waals surface area contributed by atoms with E-state index >= 15 is 0 Å². The summed E-state index contributed by atoms with van der Waals surface area (Å²) in [6, 6.07) is 20.4. The fourth-order valence-corrected chi connectivity index (χ4v) is 3.78. The summed E-state index contributed by atoms with van der Waals surface area (Å²) in [5.41, 5.74) is 2.34. The lowest BCUT2D eigenvalue weighted by Crippen LogP contribution is -2.26. The molecule has 0 aliphatic carbocycles. The zero-order chi connectivity index (χ0) is 23.4. The molecule has 0 atom stereocenters. The van der Waals surface area contributed by atoms with Crippen LogP contribution < -0.4 is 15.0 Å². The molecule has 2 aromatic heterocycles. The second-order valence-corrected chi connectivity index (χ2v) is 8.29. The number of nitrogens with one attached hydrogen (secondary N) is 1. The normalized spacial score (nSPS) is 10.5. The number of nitrogens with zero attached hydrogens (tertiary/aromatic N) is 1. The van der Waals surface area contributed by atoms with Crippen molar-refractivity contribution in [3.05, 3.63) is 101 Å². The lowest BCUT2D eigenvalue weighted by atomic mass is 10.1. The number of rotatable bonds is 6. The molecule has 4 rings (SSSR count). The van der Waals surface area contributed by atoms with E-state index in [1.807, 2.05) is 19.1 Å². The van der Waals surface area contributed by atoms with E-state index in [0.29, 0.717) is 26.9 Å². The first kappa shape index (κ1) is 22.0. The van der Waals surface area contributed by atoms with Gasteiger partial charge in [0.15, 0.2) is 5.76 Å². The smallest absolute Gasteiger partial charge is 0.353 e. The van der Waals surface area contributed by atoms with Gasteiger partial charge in [-0.1, -0.05) is 17.7 Å². The third kappa shape index (κ3) is 5.19. The summed E-state index contributed by atoms with van der Waals surface area (Å²) in [6.07, 6.45) is 1.41. The summed E-state index contributed by atoms with van der Waals surface area (Å²) < 4.78 is 10.5. The van der Waals surface area contributed by atoms with E-state index in [9.17, 15) is 14.4 Å². The van der Waals surface area contributed by atoms with Gasteiger partial charge in [0.05, 0.1) is 11.3 Å². The third-order valence-electron chi connectivity index (χ3n) is 4.83. The standard InChI is InChI=1S/C25H20N2O5S/c1-16-5-7-17(8-6-16)24(29)27(2)18-9-11-19(12-10-18)32-25(30)21-13-14-22(33-21)26-23(28)20-4-3-15-31-20/h3-15H,1-2H3,(H,26,28). The van der Waals surface area contributed by atoms with Crippen molar-refractivity contribution in [2.45, 2.75) is 6.92 Å².